The summed E-state index contributed by atoms with van der Waals surface area (Å²) in [4.78, 5) is 0. The average Bonchev–Trinajstić information content (AvgIpc) is 1.82. The van der Waals surface area contributed by atoms with Crippen molar-refractivity contribution in [3.05, 3.63) is 30.2 Å². The second kappa shape index (κ2) is 2.21. The molecule has 0 aliphatic heterocycles. The predicted octanol–water partition coefficient (Wildman–Crippen LogP) is 1.34. The highest BCUT2D eigenvalue weighted by Gasteiger charge is 1.97. The van der Waals surface area contributed by atoms with Crippen LogP contribution in [0.25, 0.3) is 0 Å². The van der Waals surface area contributed by atoms with Gasteiger partial charge >= 0.3 is 0 Å². The Balaban J connectivity index is 3.31. The first kappa shape index (κ1) is 6.93. The summed E-state index contributed by atoms with van der Waals surface area (Å²) in [6.45, 7) is 5.71. The van der Waals surface area contributed by atoms with Gasteiger partial charge in [0.05, 0.1) is 0 Å². The third kappa shape index (κ3) is 1.05. The van der Waals surface area contributed by atoms with Crippen molar-refractivity contribution < 1.29 is 0 Å². The van der Waals surface area contributed by atoms with Crippen molar-refractivity contribution in [1.29, 1.82) is 0 Å². The Labute approximate surface area is 60.8 Å². The Morgan fingerprint density at radius 3 is 2.40 bits per heavy atom. The van der Waals surface area contributed by atoms with Gasteiger partial charge in [0.15, 0.2) is 0 Å². The number of nitrogens with two attached hydrogens (primary N) is 2. The number of hydrogen-bond acceptors (Lipinski definition) is 2. The first-order chi connectivity index (χ1) is 4.61. The third-order valence-corrected chi connectivity index (χ3v) is 1.58. The van der Waals surface area contributed by atoms with Gasteiger partial charge in [-0.2, -0.15) is 0 Å². The summed E-state index contributed by atoms with van der Waals surface area (Å²) in [5.74, 6) is 0. The average molecular weight is 135 g/mol. The SMILES string of the molecule is [CH2]c1cc(N)cc(N)c1C. The fourth-order valence-corrected chi connectivity index (χ4v) is 0.824. The molecule has 0 unspecified atom stereocenters. The minimum Gasteiger partial charge on any atom is -0.399 e. The van der Waals surface area contributed by atoms with Gasteiger partial charge in [-0.25, -0.2) is 0 Å². The van der Waals surface area contributed by atoms with Crippen molar-refractivity contribution >= 4 is 11.4 Å². The molecule has 0 bridgehead atoms. The van der Waals surface area contributed by atoms with E-state index in [0.29, 0.717) is 11.4 Å². The summed E-state index contributed by atoms with van der Waals surface area (Å²) in [5, 5.41) is 0. The zero-order valence-electron chi connectivity index (χ0n) is 6.02. The number of nitrogen functional groups attached to an aromatic ring is 2. The van der Waals surface area contributed by atoms with Crippen LogP contribution in [-0.2, 0) is 0 Å². The standard InChI is InChI=1S/C8H11N2/c1-5-3-7(9)4-8(10)6(5)2/h3-4H,1,9-10H2,2H3. The van der Waals surface area contributed by atoms with E-state index >= 15 is 0 Å². The summed E-state index contributed by atoms with van der Waals surface area (Å²) >= 11 is 0. The van der Waals surface area contributed by atoms with E-state index in [4.69, 9.17) is 11.5 Å². The summed E-state index contributed by atoms with van der Waals surface area (Å²) in [7, 11) is 0. The highest BCUT2D eigenvalue weighted by atomic mass is 14.6. The smallest absolute Gasteiger partial charge is 0.0367 e. The van der Waals surface area contributed by atoms with Crippen LogP contribution < -0.4 is 11.5 Å². The normalized spacial score (nSPS) is 9.80. The Kier molecular flexibility index (Phi) is 1.53. The van der Waals surface area contributed by atoms with Crippen LogP contribution in [0.4, 0.5) is 11.4 Å². The van der Waals surface area contributed by atoms with Crippen molar-refractivity contribution in [3.8, 4) is 0 Å². The van der Waals surface area contributed by atoms with Crippen LogP contribution in [0.2, 0.25) is 0 Å². The number of anilines is 2. The minimum absolute atomic E-state index is 0.674. The van der Waals surface area contributed by atoms with Crippen LogP contribution in [0.1, 0.15) is 11.1 Å². The van der Waals surface area contributed by atoms with Gasteiger partial charge < -0.3 is 11.5 Å². The Morgan fingerprint density at radius 2 is 1.90 bits per heavy atom. The Hall–Kier alpha value is -1.18. The zero-order valence-corrected chi connectivity index (χ0v) is 6.02. The summed E-state index contributed by atoms with van der Waals surface area (Å²) in [6.07, 6.45) is 0. The molecule has 0 aliphatic rings. The first-order valence-corrected chi connectivity index (χ1v) is 3.09. The van der Waals surface area contributed by atoms with Gasteiger partial charge in [0.1, 0.15) is 0 Å². The molecule has 0 fully saturated rings. The van der Waals surface area contributed by atoms with E-state index in [1.54, 1.807) is 6.07 Å². The van der Waals surface area contributed by atoms with Crippen LogP contribution in [-0.4, -0.2) is 0 Å². The van der Waals surface area contributed by atoms with Gasteiger partial charge in [0, 0.05) is 11.4 Å². The molecule has 53 valence electrons. The van der Waals surface area contributed by atoms with Crippen LogP contribution >= 0.6 is 0 Å². The zero-order chi connectivity index (χ0) is 7.72. The predicted molar refractivity (Wildman–Crippen MR) is 44.5 cm³/mol. The first-order valence-electron chi connectivity index (χ1n) is 3.09. The molecule has 1 radical (unpaired) electrons. The highest BCUT2D eigenvalue weighted by Crippen LogP contribution is 2.18. The Morgan fingerprint density at radius 1 is 1.30 bits per heavy atom. The molecule has 0 aliphatic carbocycles. The molecule has 1 aromatic carbocycles. The largest absolute Gasteiger partial charge is 0.399 e. The highest BCUT2D eigenvalue weighted by molar-refractivity contribution is 5.60. The van der Waals surface area contributed by atoms with Crippen LogP contribution in [0.15, 0.2) is 12.1 Å². The molecular formula is C8H11N2. The van der Waals surface area contributed by atoms with Gasteiger partial charge in [-0.1, -0.05) is 0 Å². The van der Waals surface area contributed by atoms with Gasteiger partial charge in [0.2, 0.25) is 0 Å². The van der Waals surface area contributed by atoms with Gasteiger partial charge in [0.25, 0.3) is 0 Å². The molecule has 0 spiro atoms. The van der Waals surface area contributed by atoms with Gasteiger partial charge in [-0.15, -0.1) is 0 Å². The van der Waals surface area contributed by atoms with E-state index < -0.39 is 0 Å². The van der Waals surface area contributed by atoms with Crippen LogP contribution in [0.3, 0.4) is 0 Å². The lowest BCUT2D eigenvalue weighted by molar-refractivity contribution is 1.42. The topological polar surface area (TPSA) is 52.0 Å². The van der Waals surface area contributed by atoms with Gasteiger partial charge in [-0.05, 0) is 37.1 Å². The summed E-state index contributed by atoms with van der Waals surface area (Å²) < 4.78 is 0. The van der Waals surface area contributed by atoms with Crippen molar-refractivity contribution in [3.63, 3.8) is 0 Å². The molecule has 0 heterocycles. The fourth-order valence-electron chi connectivity index (χ4n) is 0.824. The molecule has 2 nitrogen and oxygen atoms in total. The third-order valence-electron chi connectivity index (χ3n) is 1.58. The molecule has 0 saturated carbocycles. The lowest BCUT2D eigenvalue weighted by atomic mass is 10.1. The lowest BCUT2D eigenvalue weighted by Crippen LogP contribution is -1.95. The van der Waals surface area contributed by atoms with E-state index in [1.165, 1.54) is 0 Å². The lowest BCUT2D eigenvalue weighted by Gasteiger charge is -2.04. The van der Waals surface area contributed by atoms with E-state index in [1.807, 2.05) is 13.0 Å². The van der Waals surface area contributed by atoms with Crippen molar-refractivity contribution in [2.75, 3.05) is 11.5 Å². The number of rotatable bonds is 0. The molecule has 0 aromatic heterocycles. The molecule has 0 saturated heterocycles. The molecule has 1 aromatic rings. The number of hydrogen-bond donors (Lipinski definition) is 2. The maximum Gasteiger partial charge on any atom is 0.0367 e. The maximum absolute atomic E-state index is 5.60. The number of benzene rings is 1. The fraction of sp³-hybridized carbons (Fsp3) is 0.125. The van der Waals surface area contributed by atoms with E-state index in [9.17, 15) is 0 Å². The van der Waals surface area contributed by atoms with E-state index in [0.717, 1.165) is 11.1 Å². The Bertz CT molecular complexity index is 230. The van der Waals surface area contributed by atoms with Crippen molar-refractivity contribution in [2.45, 2.75) is 6.92 Å². The monoisotopic (exact) mass is 135 g/mol. The maximum atomic E-state index is 5.60. The second-order valence-electron chi connectivity index (χ2n) is 2.39. The molecule has 10 heavy (non-hydrogen) atoms. The molecule has 0 atom stereocenters. The molecule has 1 rings (SSSR count). The summed E-state index contributed by atoms with van der Waals surface area (Å²) in [5.41, 5.74) is 14.4. The quantitative estimate of drug-likeness (QED) is 0.527. The minimum atomic E-state index is 0.674. The molecular weight excluding hydrogens is 124 g/mol. The van der Waals surface area contributed by atoms with Crippen molar-refractivity contribution in [1.82, 2.24) is 0 Å². The second-order valence-corrected chi connectivity index (χ2v) is 2.39. The van der Waals surface area contributed by atoms with Crippen molar-refractivity contribution in [2.24, 2.45) is 0 Å². The van der Waals surface area contributed by atoms with E-state index in [-0.39, 0.29) is 0 Å². The van der Waals surface area contributed by atoms with E-state index in [2.05, 4.69) is 6.92 Å². The molecule has 0 amide bonds. The van der Waals surface area contributed by atoms with Gasteiger partial charge in [-0.3, -0.25) is 0 Å². The van der Waals surface area contributed by atoms with Crippen LogP contribution in [0.5, 0.6) is 0 Å². The molecule has 4 N–H and O–H groups in total. The summed E-state index contributed by atoms with van der Waals surface area (Å²) in [6, 6.07) is 3.55. The molecule has 2 heteroatoms. The van der Waals surface area contributed by atoms with Crippen LogP contribution in [0, 0.1) is 13.8 Å².